The maximum atomic E-state index is 12.5. The third kappa shape index (κ3) is 2.81. The second-order valence-corrected chi connectivity index (χ2v) is 5.91. The van der Waals surface area contributed by atoms with Crippen LogP contribution in [0.5, 0.6) is 0 Å². The monoisotopic (exact) mass is 280 g/mol. The summed E-state index contributed by atoms with van der Waals surface area (Å²) in [5, 5.41) is 6.84. The fourth-order valence-electron chi connectivity index (χ4n) is 2.33. The van der Waals surface area contributed by atoms with Gasteiger partial charge in [0.1, 0.15) is 12.6 Å². The molecule has 1 aliphatic heterocycles. The third-order valence-electron chi connectivity index (χ3n) is 3.89. The van der Waals surface area contributed by atoms with E-state index in [0.29, 0.717) is 0 Å². The Kier molecular flexibility index (Phi) is 4.24. The molecule has 4 nitrogen and oxygen atoms in total. The summed E-state index contributed by atoms with van der Waals surface area (Å²) in [4.78, 5) is 26.0. The van der Waals surface area contributed by atoms with E-state index in [0.717, 1.165) is 12.0 Å². The molecule has 0 radical (unpaired) electrons. The van der Waals surface area contributed by atoms with E-state index < -0.39 is 0 Å². The lowest BCUT2D eigenvalue weighted by molar-refractivity contribution is -0.148. The molecule has 104 valence electrons. The van der Waals surface area contributed by atoms with Crippen molar-refractivity contribution in [1.82, 2.24) is 10.2 Å². The second kappa shape index (κ2) is 5.74. The Labute approximate surface area is 117 Å². The Morgan fingerprint density at radius 3 is 2.79 bits per heavy atom. The SMILES string of the molecule is CCC(C)C1NC(=O)CN(C(C)c2ccsc2)C1=O. The molecule has 0 spiro atoms. The number of amides is 2. The summed E-state index contributed by atoms with van der Waals surface area (Å²) in [6.07, 6.45) is 0.872. The lowest BCUT2D eigenvalue weighted by atomic mass is 9.95. The van der Waals surface area contributed by atoms with Gasteiger partial charge < -0.3 is 10.2 Å². The number of hydrogen-bond acceptors (Lipinski definition) is 3. The van der Waals surface area contributed by atoms with Crippen molar-refractivity contribution in [3.05, 3.63) is 22.4 Å². The van der Waals surface area contributed by atoms with Crippen LogP contribution in [-0.2, 0) is 9.59 Å². The Balaban J connectivity index is 2.20. The number of nitrogens with zero attached hydrogens (tertiary/aromatic N) is 1. The summed E-state index contributed by atoms with van der Waals surface area (Å²) in [7, 11) is 0. The van der Waals surface area contributed by atoms with Crippen LogP contribution in [0.15, 0.2) is 16.8 Å². The molecular weight excluding hydrogens is 260 g/mol. The van der Waals surface area contributed by atoms with Gasteiger partial charge >= 0.3 is 0 Å². The molecule has 2 amide bonds. The minimum atomic E-state index is -0.382. The maximum Gasteiger partial charge on any atom is 0.246 e. The van der Waals surface area contributed by atoms with Crippen LogP contribution in [0.3, 0.4) is 0 Å². The summed E-state index contributed by atoms with van der Waals surface area (Å²) in [5.41, 5.74) is 1.09. The van der Waals surface area contributed by atoms with E-state index in [1.165, 1.54) is 0 Å². The standard InChI is InChI=1S/C14H20N2O2S/c1-4-9(2)13-14(18)16(7-12(17)15-13)10(3)11-5-6-19-8-11/h5-6,8-10,13H,4,7H2,1-3H3,(H,15,17). The largest absolute Gasteiger partial charge is 0.342 e. The molecule has 1 aromatic rings. The first kappa shape index (κ1) is 14.1. The maximum absolute atomic E-state index is 12.5. The Bertz CT molecular complexity index is 458. The highest BCUT2D eigenvalue weighted by atomic mass is 32.1. The molecule has 2 heterocycles. The van der Waals surface area contributed by atoms with Gasteiger partial charge in [-0.3, -0.25) is 9.59 Å². The average molecular weight is 280 g/mol. The van der Waals surface area contributed by atoms with Gasteiger partial charge in [-0.05, 0) is 35.2 Å². The highest BCUT2D eigenvalue weighted by molar-refractivity contribution is 7.07. The quantitative estimate of drug-likeness (QED) is 0.919. The zero-order chi connectivity index (χ0) is 14.0. The zero-order valence-electron chi connectivity index (χ0n) is 11.6. The molecule has 1 saturated heterocycles. The van der Waals surface area contributed by atoms with E-state index in [2.05, 4.69) is 5.32 Å². The molecule has 19 heavy (non-hydrogen) atoms. The first-order valence-corrected chi connectivity index (χ1v) is 7.60. The number of nitrogens with one attached hydrogen (secondary N) is 1. The van der Waals surface area contributed by atoms with Gasteiger partial charge in [-0.1, -0.05) is 20.3 Å². The van der Waals surface area contributed by atoms with Crippen molar-refractivity contribution >= 4 is 23.2 Å². The van der Waals surface area contributed by atoms with Crippen molar-refractivity contribution in [2.24, 2.45) is 5.92 Å². The van der Waals surface area contributed by atoms with E-state index in [1.807, 2.05) is 37.6 Å². The highest BCUT2D eigenvalue weighted by Crippen LogP contribution is 2.26. The molecule has 0 bridgehead atoms. The van der Waals surface area contributed by atoms with Gasteiger partial charge in [0, 0.05) is 0 Å². The van der Waals surface area contributed by atoms with Gasteiger partial charge in [-0.15, -0.1) is 0 Å². The minimum absolute atomic E-state index is 0.0349. The van der Waals surface area contributed by atoms with Crippen LogP contribution in [-0.4, -0.2) is 29.3 Å². The van der Waals surface area contributed by atoms with E-state index >= 15 is 0 Å². The molecule has 0 aromatic carbocycles. The predicted molar refractivity (Wildman–Crippen MR) is 75.8 cm³/mol. The van der Waals surface area contributed by atoms with Gasteiger partial charge in [-0.2, -0.15) is 11.3 Å². The average Bonchev–Trinajstić information content (AvgIpc) is 2.93. The Morgan fingerprint density at radius 2 is 2.21 bits per heavy atom. The summed E-state index contributed by atoms with van der Waals surface area (Å²) in [6, 6.07) is 1.58. The lowest BCUT2D eigenvalue weighted by Gasteiger charge is -2.38. The summed E-state index contributed by atoms with van der Waals surface area (Å²) in [5.74, 6) is 0.133. The molecule has 3 unspecified atom stereocenters. The molecule has 1 aromatic heterocycles. The van der Waals surface area contributed by atoms with Gasteiger partial charge in [0.05, 0.1) is 6.04 Å². The van der Waals surface area contributed by atoms with Crippen LogP contribution in [0.1, 0.15) is 38.8 Å². The van der Waals surface area contributed by atoms with Crippen molar-refractivity contribution in [2.75, 3.05) is 6.54 Å². The molecule has 3 atom stereocenters. The molecule has 2 rings (SSSR count). The Hall–Kier alpha value is -1.36. The number of hydrogen-bond donors (Lipinski definition) is 1. The zero-order valence-corrected chi connectivity index (χ0v) is 12.4. The summed E-state index contributed by atoms with van der Waals surface area (Å²) >= 11 is 1.61. The topological polar surface area (TPSA) is 49.4 Å². The normalized spacial score (nSPS) is 23.1. The number of carbonyl (C=O) groups is 2. The number of thiophene rings is 1. The molecule has 0 aliphatic carbocycles. The van der Waals surface area contributed by atoms with Crippen molar-refractivity contribution in [2.45, 2.75) is 39.3 Å². The van der Waals surface area contributed by atoms with Gasteiger partial charge in [0.15, 0.2) is 0 Å². The summed E-state index contributed by atoms with van der Waals surface area (Å²) in [6.45, 7) is 6.17. The van der Waals surface area contributed by atoms with Crippen LogP contribution < -0.4 is 5.32 Å². The van der Waals surface area contributed by atoms with Crippen LogP contribution in [0, 0.1) is 5.92 Å². The van der Waals surface area contributed by atoms with Crippen molar-refractivity contribution in [1.29, 1.82) is 0 Å². The fraction of sp³-hybridized carbons (Fsp3) is 0.571. The number of carbonyl (C=O) groups excluding carboxylic acids is 2. The third-order valence-corrected chi connectivity index (χ3v) is 4.59. The minimum Gasteiger partial charge on any atom is -0.342 e. The molecular formula is C14H20N2O2S. The fourth-order valence-corrected chi connectivity index (χ4v) is 3.08. The van der Waals surface area contributed by atoms with E-state index in [4.69, 9.17) is 0 Å². The number of piperazine rings is 1. The molecule has 0 saturated carbocycles. The molecule has 1 fully saturated rings. The number of rotatable bonds is 4. The smallest absolute Gasteiger partial charge is 0.246 e. The molecule has 1 N–H and O–H groups in total. The van der Waals surface area contributed by atoms with Crippen LogP contribution >= 0.6 is 11.3 Å². The van der Waals surface area contributed by atoms with Gasteiger partial charge in [-0.25, -0.2) is 0 Å². The van der Waals surface area contributed by atoms with Gasteiger partial charge in [0.25, 0.3) is 0 Å². The van der Waals surface area contributed by atoms with Crippen molar-refractivity contribution in [3.63, 3.8) is 0 Å². The van der Waals surface area contributed by atoms with E-state index in [1.54, 1.807) is 16.2 Å². The first-order chi connectivity index (χ1) is 9.04. The predicted octanol–water partition coefficient (Wildman–Crippen LogP) is 2.18. The first-order valence-electron chi connectivity index (χ1n) is 6.66. The van der Waals surface area contributed by atoms with E-state index in [-0.39, 0.29) is 36.4 Å². The van der Waals surface area contributed by atoms with Crippen LogP contribution in [0.4, 0.5) is 0 Å². The highest BCUT2D eigenvalue weighted by Gasteiger charge is 2.37. The van der Waals surface area contributed by atoms with Crippen molar-refractivity contribution in [3.8, 4) is 0 Å². The Morgan fingerprint density at radius 1 is 1.47 bits per heavy atom. The van der Waals surface area contributed by atoms with Crippen molar-refractivity contribution < 1.29 is 9.59 Å². The van der Waals surface area contributed by atoms with Crippen LogP contribution in [0.25, 0.3) is 0 Å². The van der Waals surface area contributed by atoms with Gasteiger partial charge in [0.2, 0.25) is 11.8 Å². The summed E-state index contributed by atoms with van der Waals surface area (Å²) < 4.78 is 0. The lowest BCUT2D eigenvalue weighted by Crippen LogP contribution is -2.60. The van der Waals surface area contributed by atoms with E-state index in [9.17, 15) is 9.59 Å². The molecule has 5 heteroatoms. The second-order valence-electron chi connectivity index (χ2n) is 5.13. The molecule has 1 aliphatic rings. The van der Waals surface area contributed by atoms with Crippen LogP contribution in [0.2, 0.25) is 0 Å².